The molecule has 176 valence electrons. The van der Waals surface area contributed by atoms with E-state index in [4.69, 9.17) is 9.47 Å². The second-order valence-corrected chi connectivity index (χ2v) is 7.01. The van der Waals surface area contributed by atoms with Crippen molar-refractivity contribution in [1.82, 2.24) is 15.0 Å². The minimum Gasteiger partial charge on any atom is -0.497 e. The zero-order valence-corrected chi connectivity index (χ0v) is 18.6. The summed E-state index contributed by atoms with van der Waals surface area (Å²) in [5, 5.41) is 21.9. The number of esters is 1. The molecule has 0 aliphatic carbocycles. The van der Waals surface area contributed by atoms with Crippen LogP contribution in [0.4, 0.5) is 11.4 Å². The van der Waals surface area contributed by atoms with Gasteiger partial charge >= 0.3 is 5.97 Å². The van der Waals surface area contributed by atoms with E-state index in [9.17, 15) is 24.5 Å². The van der Waals surface area contributed by atoms with Crippen molar-refractivity contribution in [3.63, 3.8) is 0 Å². The number of methoxy groups -OCH3 is 1. The number of benzene rings is 2. The predicted molar refractivity (Wildman–Crippen MR) is 119 cm³/mol. The zero-order chi connectivity index (χ0) is 24.8. The number of hydrogen-bond acceptors (Lipinski definition) is 9. The van der Waals surface area contributed by atoms with E-state index >= 15 is 0 Å². The fraction of sp³-hybridized carbons (Fsp3) is 0.227. The molecule has 0 aliphatic rings. The minimum atomic E-state index is -0.885. The van der Waals surface area contributed by atoms with Crippen LogP contribution in [0.15, 0.2) is 42.5 Å². The summed E-state index contributed by atoms with van der Waals surface area (Å²) < 4.78 is 11.3. The molecule has 0 radical (unpaired) electrons. The zero-order valence-electron chi connectivity index (χ0n) is 18.6. The molecule has 0 bridgehead atoms. The Hall–Kier alpha value is -4.61. The highest BCUT2D eigenvalue weighted by molar-refractivity contribution is 6.15. The first-order valence-electron chi connectivity index (χ1n) is 10.1. The highest BCUT2D eigenvalue weighted by Crippen LogP contribution is 2.27. The van der Waals surface area contributed by atoms with E-state index in [2.05, 4.69) is 15.6 Å². The molecular formula is C22H21N5O7. The Morgan fingerprint density at radius 2 is 1.85 bits per heavy atom. The number of nitro groups is 1. The van der Waals surface area contributed by atoms with E-state index in [1.807, 2.05) is 0 Å². The maximum absolute atomic E-state index is 13.5. The van der Waals surface area contributed by atoms with Crippen molar-refractivity contribution in [2.75, 3.05) is 19.0 Å². The largest absolute Gasteiger partial charge is 0.497 e. The van der Waals surface area contributed by atoms with Crippen LogP contribution in [0.1, 0.15) is 46.0 Å². The Morgan fingerprint density at radius 1 is 1.15 bits per heavy atom. The lowest BCUT2D eigenvalue weighted by Crippen LogP contribution is -2.18. The normalized spacial score (nSPS) is 10.4. The van der Waals surface area contributed by atoms with E-state index in [0.29, 0.717) is 11.3 Å². The Balaban J connectivity index is 2.09. The van der Waals surface area contributed by atoms with Gasteiger partial charge in [-0.25, -0.2) is 9.48 Å². The number of ketones is 1. The lowest BCUT2D eigenvalue weighted by Gasteiger charge is -2.10. The van der Waals surface area contributed by atoms with Crippen molar-refractivity contribution in [1.29, 1.82) is 0 Å². The number of nitrogens with zero attached hydrogens (tertiary/aromatic N) is 4. The number of carbonyl (C=O) groups is 3. The fourth-order valence-corrected chi connectivity index (χ4v) is 3.17. The molecule has 0 fully saturated rings. The van der Waals surface area contributed by atoms with Crippen LogP contribution in [-0.2, 0) is 16.1 Å². The van der Waals surface area contributed by atoms with Crippen LogP contribution < -0.4 is 10.1 Å². The average Bonchev–Trinajstić information content (AvgIpc) is 3.22. The van der Waals surface area contributed by atoms with Gasteiger partial charge in [0.15, 0.2) is 0 Å². The number of nitro benzene ring substituents is 1. The van der Waals surface area contributed by atoms with Crippen LogP contribution in [0.3, 0.4) is 0 Å². The van der Waals surface area contributed by atoms with E-state index in [1.54, 1.807) is 31.2 Å². The summed E-state index contributed by atoms with van der Waals surface area (Å²) in [6.07, 6.45) is 0. The maximum Gasteiger partial charge on any atom is 0.361 e. The van der Waals surface area contributed by atoms with Gasteiger partial charge in [-0.15, -0.1) is 5.10 Å². The summed E-state index contributed by atoms with van der Waals surface area (Å²) in [5.41, 5.74) is -0.617. The van der Waals surface area contributed by atoms with E-state index in [-0.39, 0.29) is 35.8 Å². The van der Waals surface area contributed by atoms with Crippen LogP contribution in [0.5, 0.6) is 5.75 Å². The van der Waals surface area contributed by atoms with Crippen LogP contribution in [-0.4, -0.2) is 51.3 Å². The smallest absolute Gasteiger partial charge is 0.361 e. The molecule has 2 aromatic carbocycles. The van der Waals surface area contributed by atoms with Gasteiger partial charge < -0.3 is 14.8 Å². The summed E-state index contributed by atoms with van der Waals surface area (Å²) in [4.78, 5) is 48.2. The first-order chi connectivity index (χ1) is 16.2. The number of nitrogens with one attached hydrogen (secondary N) is 1. The minimum absolute atomic E-state index is 0.0311. The van der Waals surface area contributed by atoms with Crippen LogP contribution in [0.2, 0.25) is 0 Å². The number of amides is 1. The molecule has 0 atom stereocenters. The number of anilines is 1. The third-order valence-electron chi connectivity index (χ3n) is 4.67. The Morgan fingerprint density at radius 3 is 2.44 bits per heavy atom. The third-order valence-corrected chi connectivity index (χ3v) is 4.67. The maximum atomic E-state index is 13.5. The molecule has 1 N–H and O–H groups in total. The second-order valence-electron chi connectivity index (χ2n) is 7.01. The molecule has 1 heterocycles. The monoisotopic (exact) mass is 467 g/mol. The molecule has 1 aromatic heterocycles. The number of rotatable bonds is 9. The third kappa shape index (κ3) is 5.23. The fourth-order valence-electron chi connectivity index (χ4n) is 3.17. The molecule has 0 unspecified atom stereocenters. The highest BCUT2D eigenvalue weighted by Gasteiger charge is 2.31. The van der Waals surface area contributed by atoms with E-state index < -0.39 is 28.3 Å². The van der Waals surface area contributed by atoms with Crippen LogP contribution in [0, 0.1) is 10.1 Å². The standard InChI is InChI=1S/C22H21N5O7/c1-4-34-22(30)19-20(26(25-24-19)12-14-5-8-16(33-3)9-6-14)21(29)17-10-7-15(23-13(2)28)11-18(17)27(31)32/h5-11H,4,12H2,1-3H3,(H,23,28). The van der Waals surface area contributed by atoms with Gasteiger partial charge in [-0.3, -0.25) is 19.7 Å². The lowest BCUT2D eigenvalue weighted by molar-refractivity contribution is -0.385. The number of ether oxygens (including phenoxy) is 2. The summed E-state index contributed by atoms with van der Waals surface area (Å²) >= 11 is 0. The highest BCUT2D eigenvalue weighted by atomic mass is 16.6. The van der Waals surface area contributed by atoms with Gasteiger partial charge in [0.1, 0.15) is 17.0 Å². The molecule has 12 nitrogen and oxygen atoms in total. The van der Waals surface area contributed by atoms with Gasteiger partial charge in [-0.05, 0) is 36.8 Å². The van der Waals surface area contributed by atoms with Crippen molar-refractivity contribution in [2.24, 2.45) is 0 Å². The van der Waals surface area contributed by atoms with Crippen molar-refractivity contribution < 1.29 is 28.8 Å². The van der Waals surface area contributed by atoms with Gasteiger partial charge in [0, 0.05) is 18.7 Å². The Labute approximate surface area is 193 Å². The topological polar surface area (TPSA) is 156 Å². The molecule has 34 heavy (non-hydrogen) atoms. The van der Waals surface area contributed by atoms with Gasteiger partial charge in [-0.2, -0.15) is 0 Å². The summed E-state index contributed by atoms with van der Waals surface area (Å²) in [7, 11) is 1.53. The molecule has 0 saturated heterocycles. The van der Waals surface area contributed by atoms with Gasteiger partial charge in [0.25, 0.3) is 5.69 Å². The van der Waals surface area contributed by atoms with Gasteiger partial charge in [-0.1, -0.05) is 17.3 Å². The summed E-state index contributed by atoms with van der Waals surface area (Å²) in [5.74, 6) is -1.53. The van der Waals surface area contributed by atoms with Gasteiger partial charge in [0.2, 0.25) is 17.4 Å². The Kier molecular flexibility index (Phi) is 7.31. The molecule has 3 aromatic rings. The lowest BCUT2D eigenvalue weighted by atomic mass is 10.0. The van der Waals surface area contributed by atoms with Crippen molar-refractivity contribution in [2.45, 2.75) is 20.4 Å². The predicted octanol–water partition coefficient (Wildman–Crippen LogP) is 2.61. The number of aromatic nitrogens is 3. The molecule has 0 aliphatic heterocycles. The van der Waals surface area contributed by atoms with E-state index in [1.165, 1.54) is 30.8 Å². The molecule has 0 spiro atoms. The second kappa shape index (κ2) is 10.3. The number of carbonyl (C=O) groups excluding carboxylic acids is 3. The van der Waals surface area contributed by atoms with Crippen molar-refractivity contribution in [3.05, 3.63) is 75.1 Å². The Bertz CT molecular complexity index is 1250. The van der Waals surface area contributed by atoms with Crippen molar-refractivity contribution in [3.8, 4) is 5.75 Å². The molecule has 0 saturated carbocycles. The quantitative estimate of drug-likeness (QED) is 0.216. The summed E-state index contributed by atoms with van der Waals surface area (Å²) in [6.45, 7) is 2.92. The summed E-state index contributed by atoms with van der Waals surface area (Å²) in [6, 6.07) is 10.5. The molecule has 1 amide bonds. The number of hydrogen-bond donors (Lipinski definition) is 1. The first-order valence-corrected chi connectivity index (χ1v) is 10.1. The molecular weight excluding hydrogens is 446 g/mol. The van der Waals surface area contributed by atoms with E-state index in [0.717, 1.165) is 6.07 Å². The van der Waals surface area contributed by atoms with Crippen LogP contribution in [0.25, 0.3) is 0 Å². The molecule has 12 heteroatoms. The average molecular weight is 467 g/mol. The molecule has 3 rings (SSSR count). The SMILES string of the molecule is CCOC(=O)c1nnn(Cc2ccc(OC)cc2)c1C(=O)c1ccc(NC(C)=O)cc1[N+](=O)[O-]. The van der Waals surface area contributed by atoms with Gasteiger partial charge in [0.05, 0.1) is 25.2 Å². The van der Waals surface area contributed by atoms with Crippen molar-refractivity contribution >= 4 is 29.0 Å². The first kappa shape index (κ1) is 24.0. The van der Waals surface area contributed by atoms with Crippen LogP contribution >= 0.6 is 0 Å².